The Balaban J connectivity index is 2.30. The van der Waals surface area contributed by atoms with Crippen LogP contribution in [0.1, 0.15) is 0 Å². The number of hydrogen-bond donors (Lipinski definition) is 2. The van der Waals surface area contributed by atoms with Gasteiger partial charge in [0.1, 0.15) is 10.0 Å². The number of phenolic OH excluding ortho intramolecular Hbond substituents is 1. The molecule has 1 aromatic carbocycles. The van der Waals surface area contributed by atoms with Crippen LogP contribution in [0.2, 0.25) is 5.15 Å². The van der Waals surface area contributed by atoms with Crippen LogP contribution in [0.15, 0.2) is 41.4 Å². The van der Waals surface area contributed by atoms with Crippen molar-refractivity contribution in [1.82, 2.24) is 4.98 Å². The Morgan fingerprint density at radius 2 is 2.00 bits per heavy atom. The molecule has 1 heterocycles. The van der Waals surface area contributed by atoms with Gasteiger partial charge in [-0.15, -0.1) is 0 Å². The second kappa shape index (κ2) is 5.02. The fourth-order valence-electron chi connectivity index (χ4n) is 1.31. The van der Waals surface area contributed by atoms with Crippen LogP contribution < -0.4 is 4.72 Å². The Labute approximate surface area is 113 Å². The third-order valence-corrected chi connectivity index (χ3v) is 3.80. The molecule has 0 aliphatic carbocycles. The number of nitrogens with zero attached hydrogens (tertiary/aromatic N) is 1. The van der Waals surface area contributed by atoms with Crippen molar-refractivity contribution >= 4 is 27.3 Å². The monoisotopic (exact) mass is 302 g/mol. The second-order valence-corrected chi connectivity index (χ2v) is 5.66. The van der Waals surface area contributed by atoms with Crippen molar-refractivity contribution in [2.75, 3.05) is 4.72 Å². The molecule has 0 radical (unpaired) electrons. The molecule has 0 aliphatic heterocycles. The van der Waals surface area contributed by atoms with Crippen molar-refractivity contribution in [1.29, 1.82) is 0 Å². The number of benzene rings is 1. The average Bonchev–Trinajstić information content (AvgIpc) is 2.34. The van der Waals surface area contributed by atoms with Gasteiger partial charge >= 0.3 is 0 Å². The summed E-state index contributed by atoms with van der Waals surface area (Å²) in [7, 11) is -3.88. The molecule has 2 rings (SSSR count). The number of halogens is 2. The molecular weight excluding hydrogens is 295 g/mol. The maximum Gasteiger partial charge on any atom is 0.263 e. The van der Waals surface area contributed by atoms with E-state index < -0.39 is 21.6 Å². The number of aromatic nitrogens is 1. The van der Waals surface area contributed by atoms with Crippen LogP contribution in [-0.4, -0.2) is 18.5 Å². The normalized spacial score (nSPS) is 11.3. The predicted molar refractivity (Wildman–Crippen MR) is 68.1 cm³/mol. The highest BCUT2D eigenvalue weighted by Crippen LogP contribution is 2.22. The van der Waals surface area contributed by atoms with E-state index in [1.807, 2.05) is 0 Å². The van der Waals surface area contributed by atoms with Gasteiger partial charge in [0.05, 0.1) is 5.69 Å². The molecule has 0 saturated heterocycles. The molecule has 19 heavy (non-hydrogen) atoms. The molecule has 1 aromatic heterocycles. The Morgan fingerprint density at radius 1 is 1.26 bits per heavy atom. The standard InChI is InChI=1S/C11H8ClFN2O3S/c12-11-4-2-8(6-14-11)19(17,18)15-7-1-3-10(16)9(13)5-7/h1-6,15-16H. The fraction of sp³-hybridized carbons (Fsp3) is 0. The van der Waals surface area contributed by atoms with Gasteiger partial charge in [-0.1, -0.05) is 11.6 Å². The van der Waals surface area contributed by atoms with E-state index in [0.29, 0.717) is 0 Å². The lowest BCUT2D eigenvalue weighted by molar-refractivity contribution is 0.432. The average molecular weight is 303 g/mol. The van der Waals surface area contributed by atoms with Gasteiger partial charge in [-0.25, -0.2) is 17.8 Å². The molecule has 0 saturated carbocycles. The van der Waals surface area contributed by atoms with Gasteiger partial charge in [0.15, 0.2) is 11.6 Å². The van der Waals surface area contributed by atoms with Gasteiger partial charge in [-0.2, -0.15) is 0 Å². The molecule has 0 bridgehead atoms. The summed E-state index contributed by atoms with van der Waals surface area (Å²) in [5.74, 6) is -1.48. The summed E-state index contributed by atoms with van der Waals surface area (Å²) < 4.78 is 39.1. The van der Waals surface area contributed by atoms with E-state index in [4.69, 9.17) is 16.7 Å². The highest BCUT2D eigenvalue weighted by atomic mass is 35.5. The molecule has 0 spiro atoms. The van der Waals surface area contributed by atoms with Gasteiger partial charge < -0.3 is 5.11 Å². The first-order valence-electron chi connectivity index (χ1n) is 5.01. The van der Waals surface area contributed by atoms with Gasteiger partial charge in [-0.3, -0.25) is 4.72 Å². The first-order chi connectivity index (χ1) is 8.88. The Bertz CT molecular complexity index is 704. The summed E-state index contributed by atoms with van der Waals surface area (Å²) in [5.41, 5.74) is -0.00903. The number of phenols is 1. The molecule has 0 unspecified atom stereocenters. The first-order valence-corrected chi connectivity index (χ1v) is 6.87. The summed E-state index contributed by atoms with van der Waals surface area (Å²) >= 11 is 5.56. The van der Waals surface area contributed by atoms with E-state index in [1.54, 1.807) is 0 Å². The van der Waals surface area contributed by atoms with E-state index in [9.17, 15) is 12.8 Å². The Morgan fingerprint density at radius 3 is 2.58 bits per heavy atom. The van der Waals surface area contributed by atoms with Crippen LogP contribution in [0.25, 0.3) is 0 Å². The fourth-order valence-corrected chi connectivity index (χ4v) is 2.41. The number of hydrogen-bond acceptors (Lipinski definition) is 4. The van der Waals surface area contributed by atoms with E-state index in [2.05, 4.69) is 9.71 Å². The van der Waals surface area contributed by atoms with Crippen LogP contribution >= 0.6 is 11.6 Å². The van der Waals surface area contributed by atoms with Gasteiger partial charge in [0.2, 0.25) is 0 Å². The van der Waals surface area contributed by atoms with Gasteiger partial charge in [0.25, 0.3) is 10.0 Å². The van der Waals surface area contributed by atoms with Crippen molar-refractivity contribution in [2.45, 2.75) is 4.90 Å². The quantitative estimate of drug-likeness (QED) is 0.674. The SMILES string of the molecule is O=S(=O)(Nc1ccc(O)c(F)c1)c1ccc(Cl)nc1. The lowest BCUT2D eigenvalue weighted by Crippen LogP contribution is -2.13. The third-order valence-electron chi connectivity index (χ3n) is 2.21. The van der Waals surface area contributed by atoms with E-state index in [1.165, 1.54) is 18.2 Å². The van der Waals surface area contributed by atoms with Crippen molar-refractivity contribution < 1.29 is 17.9 Å². The lowest BCUT2D eigenvalue weighted by atomic mass is 10.3. The minimum absolute atomic E-state index is 0.00903. The van der Waals surface area contributed by atoms with Crippen LogP contribution in [0.3, 0.4) is 0 Å². The zero-order chi connectivity index (χ0) is 14.0. The minimum atomic E-state index is -3.88. The molecule has 5 nitrogen and oxygen atoms in total. The summed E-state index contributed by atoms with van der Waals surface area (Å²) in [6.07, 6.45) is 1.08. The molecule has 0 aliphatic rings. The molecule has 0 atom stereocenters. The number of rotatable bonds is 3. The highest BCUT2D eigenvalue weighted by molar-refractivity contribution is 7.92. The number of anilines is 1. The maximum atomic E-state index is 13.1. The van der Waals surface area contributed by atoms with Crippen molar-refractivity contribution in [3.63, 3.8) is 0 Å². The number of sulfonamides is 1. The molecular formula is C11H8ClFN2O3S. The van der Waals surface area contributed by atoms with Crippen molar-refractivity contribution in [3.8, 4) is 5.75 Å². The topological polar surface area (TPSA) is 79.3 Å². The van der Waals surface area contributed by atoms with Gasteiger partial charge in [0, 0.05) is 12.3 Å². The summed E-state index contributed by atoms with van der Waals surface area (Å²) in [4.78, 5) is 3.54. The van der Waals surface area contributed by atoms with Crippen LogP contribution in [0.4, 0.5) is 10.1 Å². The van der Waals surface area contributed by atoms with Crippen LogP contribution in [0, 0.1) is 5.82 Å². The number of aromatic hydroxyl groups is 1. The molecule has 0 fully saturated rings. The predicted octanol–water partition coefficient (Wildman–Crippen LogP) is 2.38. The van der Waals surface area contributed by atoms with E-state index in [0.717, 1.165) is 18.3 Å². The van der Waals surface area contributed by atoms with E-state index >= 15 is 0 Å². The molecule has 8 heteroatoms. The highest BCUT2D eigenvalue weighted by Gasteiger charge is 2.15. The second-order valence-electron chi connectivity index (χ2n) is 3.59. The Hall–Kier alpha value is -1.86. The smallest absolute Gasteiger partial charge is 0.263 e. The number of nitrogens with one attached hydrogen (secondary N) is 1. The number of pyridine rings is 1. The molecule has 2 N–H and O–H groups in total. The minimum Gasteiger partial charge on any atom is -0.505 e. The summed E-state index contributed by atoms with van der Waals surface area (Å²) in [6.45, 7) is 0. The zero-order valence-electron chi connectivity index (χ0n) is 9.34. The third kappa shape index (κ3) is 3.12. The zero-order valence-corrected chi connectivity index (χ0v) is 10.9. The lowest BCUT2D eigenvalue weighted by Gasteiger charge is -2.08. The summed E-state index contributed by atoms with van der Waals surface area (Å²) in [6, 6.07) is 5.75. The molecule has 100 valence electrons. The van der Waals surface area contributed by atoms with Gasteiger partial charge in [-0.05, 0) is 24.3 Å². The molecule has 0 amide bonds. The molecule has 2 aromatic rings. The Kier molecular flexibility index (Phi) is 3.59. The summed E-state index contributed by atoms with van der Waals surface area (Å²) in [5, 5.41) is 9.17. The van der Waals surface area contributed by atoms with Crippen LogP contribution in [-0.2, 0) is 10.0 Å². The van der Waals surface area contributed by atoms with Crippen LogP contribution in [0.5, 0.6) is 5.75 Å². The maximum absolute atomic E-state index is 13.1. The van der Waals surface area contributed by atoms with E-state index in [-0.39, 0.29) is 15.7 Å². The van der Waals surface area contributed by atoms with Crippen molar-refractivity contribution in [2.24, 2.45) is 0 Å². The van der Waals surface area contributed by atoms with Crippen molar-refractivity contribution in [3.05, 3.63) is 47.5 Å². The first kappa shape index (κ1) is 13.6. The largest absolute Gasteiger partial charge is 0.505 e.